The van der Waals surface area contributed by atoms with Crippen molar-refractivity contribution in [1.29, 1.82) is 0 Å². The minimum Gasteiger partial charge on any atom is -0.336 e. The molecule has 0 spiro atoms. The van der Waals surface area contributed by atoms with Crippen molar-refractivity contribution in [2.75, 3.05) is 18.6 Å². The fraction of sp³-hybridized carbons (Fsp3) is 0.611. The molecule has 126 valence electrons. The number of likely N-dealkylation sites (tertiary alicyclic amines) is 1. The Morgan fingerprint density at radius 3 is 2.61 bits per heavy atom. The summed E-state index contributed by atoms with van der Waals surface area (Å²) in [5, 5.41) is 0. The molecule has 5 heteroatoms. The molecule has 1 heterocycles. The third kappa shape index (κ3) is 3.77. The Bertz CT molecular complexity index is 707. The molecule has 1 aromatic carbocycles. The van der Waals surface area contributed by atoms with Gasteiger partial charge in [0.25, 0.3) is 0 Å². The smallest absolute Gasteiger partial charge is 0.223 e. The second-order valence-corrected chi connectivity index (χ2v) is 9.49. The van der Waals surface area contributed by atoms with Crippen molar-refractivity contribution in [1.82, 2.24) is 4.90 Å². The summed E-state index contributed by atoms with van der Waals surface area (Å²) in [6.45, 7) is 2.87. The van der Waals surface area contributed by atoms with Crippen LogP contribution in [-0.4, -0.2) is 37.8 Å². The van der Waals surface area contributed by atoms with E-state index < -0.39 is 9.84 Å². The molecule has 2 fully saturated rings. The van der Waals surface area contributed by atoms with Crippen molar-refractivity contribution >= 4 is 15.7 Å². The van der Waals surface area contributed by atoms with Gasteiger partial charge in [-0.2, -0.15) is 0 Å². The highest BCUT2D eigenvalue weighted by molar-refractivity contribution is 7.90. The van der Waals surface area contributed by atoms with Crippen molar-refractivity contribution in [3.8, 4) is 0 Å². The summed E-state index contributed by atoms with van der Waals surface area (Å²) < 4.78 is 23.2. The molecule has 1 saturated heterocycles. The minimum atomic E-state index is -3.03. The van der Waals surface area contributed by atoms with E-state index in [0.29, 0.717) is 6.42 Å². The first-order valence-electron chi connectivity index (χ1n) is 8.32. The largest absolute Gasteiger partial charge is 0.336 e. The molecule has 0 radical (unpaired) electrons. The van der Waals surface area contributed by atoms with Crippen LogP contribution >= 0.6 is 0 Å². The quantitative estimate of drug-likeness (QED) is 0.831. The first kappa shape index (κ1) is 16.5. The zero-order chi connectivity index (χ0) is 16.7. The summed E-state index contributed by atoms with van der Waals surface area (Å²) in [4.78, 5) is 14.8. The minimum absolute atomic E-state index is 0.122. The maximum atomic E-state index is 12.8. The van der Waals surface area contributed by atoms with Crippen LogP contribution in [0.4, 0.5) is 0 Å². The molecule has 1 atom stereocenters. The lowest BCUT2D eigenvalue weighted by Crippen LogP contribution is -2.34. The van der Waals surface area contributed by atoms with Crippen LogP contribution in [0, 0.1) is 12.3 Å². The second kappa shape index (κ2) is 5.93. The number of carbonyl (C=O) groups excluding carboxylic acids is 1. The first-order valence-corrected chi connectivity index (χ1v) is 10.4. The highest BCUT2D eigenvalue weighted by Gasteiger charge is 2.48. The number of rotatable bonds is 5. The number of carbonyl (C=O) groups is 1. The lowest BCUT2D eigenvalue weighted by atomic mass is 9.98. The molecule has 23 heavy (non-hydrogen) atoms. The Morgan fingerprint density at radius 1 is 1.30 bits per heavy atom. The van der Waals surface area contributed by atoms with Gasteiger partial charge in [-0.15, -0.1) is 0 Å². The third-order valence-corrected chi connectivity index (χ3v) is 6.31. The van der Waals surface area contributed by atoms with E-state index in [2.05, 4.69) is 19.1 Å². The van der Waals surface area contributed by atoms with Crippen LogP contribution in [0.15, 0.2) is 24.3 Å². The van der Waals surface area contributed by atoms with Gasteiger partial charge in [-0.05, 0) is 49.1 Å². The van der Waals surface area contributed by atoms with Gasteiger partial charge in [0, 0.05) is 19.2 Å². The lowest BCUT2D eigenvalue weighted by Gasteiger charge is -2.28. The Kier molecular flexibility index (Phi) is 4.25. The zero-order valence-corrected chi connectivity index (χ0v) is 14.7. The molecule has 1 aliphatic heterocycles. The average molecular weight is 335 g/mol. The molecule has 0 bridgehead atoms. The van der Waals surface area contributed by atoms with E-state index in [1.54, 1.807) is 0 Å². The van der Waals surface area contributed by atoms with Crippen LogP contribution in [0.3, 0.4) is 0 Å². The van der Waals surface area contributed by atoms with E-state index in [4.69, 9.17) is 0 Å². The van der Waals surface area contributed by atoms with Gasteiger partial charge in [-0.1, -0.05) is 24.3 Å². The highest BCUT2D eigenvalue weighted by atomic mass is 32.2. The molecule has 0 aromatic heterocycles. The van der Waals surface area contributed by atoms with E-state index in [-0.39, 0.29) is 23.1 Å². The monoisotopic (exact) mass is 335 g/mol. The predicted molar refractivity (Wildman–Crippen MR) is 90.9 cm³/mol. The normalized spacial score (nSPS) is 23.0. The van der Waals surface area contributed by atoms with Crippen molar-refractivity contribution < 1.29 is 13.2 Å². The molecule has 1 aromatic rings. The summed E-state index contributed by atoms with van der Waals surface area (Å²) >= 11 is 0. The number of hydrogen-bond acceptors (Lipinski definition) is 3. The van der Waals surface area contributed by atoms with Gasteiger partial charge >= 0.3 is 0 Å². The van der Waals surface area contributed by atoms with Gasteiger partial charge in [0.2, 0.25) is 5.91 Å². The van der Waals surface area contributed by atoms with Crippen LogP contribution in [0.2, 0.25) is 0 Å². The van der Waals surface area contributed by atoms with Gasteiger partial charge < -0.3 is 4.90 Å². The van der Waals surface area contributed by atoms with E-state index in [1.807, 2.05) is 17.0 Å². The average Bonchev–Trinajstić information content (AvgIpc) is 3.01. The first-order chi connectivity index (χ1) is 10.8. The number of amides is 1. The van der Waals surface area contributed by atoms with Crippen LogP contribution in [-0.2, 0) is 14.6 Å². The molecular weight excluding hydrogens is 310 g/mol. The van der Waals surface area contributed by atoms with Gasteiger partial charge in [0.15, 0.2) is 0 Å². The van der Waals surface area contributed by atoms with Gasteiger partial charge in [-0.3, -0.25) is 4.79 Å². The molecule has 3 rings (SSSR count). The molecule has 1 aliphatic carbocycles. The third-order valence-electron chi connectivity index (χ3n) is 5.17. The maximum absolute atomic E-state index is 12.8. The lowest BCUT2D eigenvalue weighted by molar-refractivity contribution is -0.133. The fourth-order valence-electron chi connectivity index (χ4n) is 3.88. The van der Waals surface area contributed by atoms with E-state index in [1.165, 1.54) is 17.4 Å². The summed E-state index contributed by atoms with van der Waals surface area (Å²) in [5.41, 5.74) is 2.16. The number of hydrogen-bond donors (Lipinski definition) is 0. The number of aryl methyl sites for hydroxylation is 1. The number of nitrogens with zero attached hydrogens (tertiary/aromatic N) is 1. The Hall–Kier alpha value is -1.36. The van der Waals surface area contributed by atoms with Gasteiger partial charge in [-0.25, -0.2) is 8.42 Å². The number of benzene rings is 1. The van der Waals surface area contributed by atoms with Crippen molar-refractivity contribution in [3.63, 3.8) is 0 Å². The van der Waals surface area contributed by atoms with E-state index >= 15 is 0 Å². The zero-order valence-electron chi connectivity index (χ0n) is 13.9. The van der Waals surface area contributed by atoms with Crippen LogP contribution in [0.25, 0.3) is 0 Å². The topological polar surface area (TPSA) is 54.5 Å². The van der Waals surface area contributed by atoms with E-state index in [0.717, 1.165) is 32.2 Å². The Morgan fingerprint density at radius 2 is 2.00 bits per heavy atom. The molecule has 4 nitrogen and oxygen atoms in total. The molecule has 2 aliphatic rings. The van der Waals surface area contributed by atoms with E-state index in [9.17, 15) is 13.2 Å². The van der Waals surface area contributed by atoms with Crippen molar-refractivity contribution in [3.05, 3.63) is 35.4 Å². The summed E-state index contributed by atoms with van der Waals surface area (Å²) in [6, 6.07) is 8.38. The standard InChI is InChI=1S/C18H25NO3S/c1-14-6-3-4-7-15(14)16-8-5-11-19(16)17(20)12-18(9-10-18)13-23(2,21)22/h3-4,6-7,16H,5,8-13H2,1-2H3/t16-/m1/s1. The van der Waals surface area contributed by atoms with Crippen molar-refractivity contribution in [2.24, 2.45) is 5.41 Å². The molecule has 1 amide bonds. The fourth-order valence-corrected chi connectivity index (χ4v) is 5.38. The maximum Gasteiger partial charge on any atom is 0.223 e. The van der Waals surface area contributed by atoms with Gasteiger partial charge in [0.05, 0.1) is 11.8 Å². The SMILES string of the molecule is Cc1ccccc1[C@H]1CCCN1C(=O)CC1(CS(C)(=O)=O)CC1. The molecule has 1 saturated carbocycles. The second-order valence-electron chi connectivity index (χ2n) is 7.35. The number of sulfone groups is 1. The predicted octanol–water partition coefficient (Wildman–Crippen LogP) is 2.87. The molecule has 0 unspecified atom stereocenters. The van der Waals surface area contributed by atoms with Crippen LogP contribution in [0.1, 0.15) is 49.3 Å². The Labute approximate surface area is 138 Å². The highest BCUT2D eigenvalue weighted by Crippen LogP contribution is 2.50. The van der Waals surface area contributed by atoms with Crippen LogP contribution in [0.5, 0.6) is 0 Å². The van der Waals surface area contributed by atoms with Crippen molar-refractivity contribution in [2.45, 2.75) is 45.1 Å². The molecule has 0 N–H and O–H groups in total. The summed E-state index contributed by atoms with van der Waals surface area (Å²) in [7, 11) is -3.03. The summed E-state index contributed by atoms with van der Waals surface area (Å²) in [5.74, 6) is 0.270. The molecular formula is C18H25NO3S. The Balaban J connectivity index is 1.73. The van der Waals surface area contributed by atoms with Crippen LogP contribution < -0.4 is 0 Å². The summed E-state index contributed by atoms with van der Waals surface area (Å²) in [6.07, 6.45) is 5.37. The van der Waals surface area contributed by atoms with Gasteiger partial charge in [0.1, 0.15) is 9.84 Å².